The van der Waals surface area contributed by atoms with Gasteiger partial charge in [0.2, 0.25) is 5.95 Å². The van der Waals surface area contributed by atoms with Gasteiger partial charge in [0.1, 0.15) is 5.82 Å². The normalized spacial score (nSPS) is 10.7. The fourth-order valence-electron chi connectivity index (χ4n) is 1.99. The van der Waals surface area contributed by atoms with Crippen LogP contribution in [0.15, 0.2) is 41.0 Å². The summed E-state index contributed by atoms with van der Waals surface area (Å²) in [5.41, 5.74) is 13.9. The van der Waals surface area contributed by atoms with E-state index in [0.717, 1.165) is 15.7 Å². The maximum absolute atomic E-state index is 5.86. The van der Waals surface area contributed by atoms with E-state index in [4.69, 9.17) is 11.5 Å². The second kappa shape index (κ2) is 5.53. The second-order valence-corrected chi connectivity index (χ2v) is 5.46. The highest BCUT2D eigenvalue weighted by Crippen LogP contribution is 2.20. The first-order chi connectivity index (χ1) is 10.1. The Balaban J connectivity index is 1.85. The Bertz CT molecular complexity index is 805. The van der Waals surface area contributed by atoms with Gasteiger partial charge in [0.15, 0.2) is 5.65 Å². The molecule has 5 N–H and O–H groups in total. The molecule has 21 heavy (non-hydrogen) atoms. The fourth-order valence-corrected chi connectivity index (χ4v) is 2.39. The lowest BCUT2D eigenvalue weighted by atomic mass is 10.2. The number of hydrogen-bond acceptors (Lipinski definition) is 6. The van der Waals surface area contributed by atoms with Crippen LogP contribution < -0.4 is 16.8 Å². The number of rotatable bonds is 3. The number of benzene rings is 1. The van der Waals surface area contributed by atoms with Crippen molar-refractivity contribution in [3.8, 4) is 0 Å². The summed E-state index contributed by atoms with van der Waals surface area (Å²) in [6.07, 6.45) is 1.75. The van der Waals surface area contributed by atoms with Crippen LogP contribution in [0.4, 0.5) is 17.5 Å². The van der Waals surface area contributed by atoms with Crippen LogP contribution in [-0.2, 0) is 6.54 Å². The molecule has 2 aromatic heterocycles. The van der Waals surface area contributed by atoms with E-state index in [2.05, 4.69) is 36.2 Å². The molecule has 0 atom stereocenters. The monoisotopic (exact) mass is 344 g/mol. The van der Waals surface area contributed by atoms with Crippen LogP contribution in [0.3, 0.4) is 0 Å². The number of aromatic nitrogens is 3. The molecule has 0 bridgehead atoms. The Hall–Kier alpha value is -2.41. The fraction of sp³-hybridized carbons (Fsp3) is 0.0714. The topological polar surface area (TPSA) is 103 Å². The molecular weight excluding hydrogens is 332 g/mol. The van der Waals surface area contributed by atoms with Crippen LogP contribution in [0.5, 0.6) is 0 Å². The molecule has 0 aliphatic heterocycles. The van der Waals surface area contributed by atoms with Gasteiger partial charge in [0.25, 0.3) is 0 Å². The van der Waals surface area contributed by atoms with Crippen molar-refractivity contribution in [2.45, 2.75) is 6.54 Å². The van der Waals surface area contributed by atoms with Crippen molar-refractivity contribution in [2.75, 3.05) is 16.8 Å². The summed E-state index contributed by atoms with van der Waals surface area (Å²) < 4.78 is 1.03. The van der Waals surface area contributed by atoms with E-state index in [1.807, 2.05) is 30.3 Å². The van der Waals surface area contributed by atoms with Gasteiger partial charge in [-0.05, 0) is 29.8 Å². The Morgan fingerprint density at radius 1 is 1.14 bits per heavy atom. The number of nitrogens with zero attached hydrogens (tertiary/aromatic N) is 3. The maximum Gasteiger partial charge on any atom is 0.224 e. The zero-order valence-electron chi connectivity index (χ0n) is 11.0. The van der Waals surface area contributed by atoms with Crippen molar-refractivity contribution >= 4 is 44.4 Å². The molecule has 106 valence electrons. The molecule has 0 aliphatic carbocycles. The highest BCUT2D eigenvalue weighted by molar-refractivity contribution is 9.10. The van der Waals surface area contributed by atoms with Crippen molar-refractivity contribution < 1.29 is 0 Å². The van der Waals surface area contributed by atoms with Crippen LogP contribution in [0.2, 0.25) is 0 Å². The van der Waals surface area contributed by atoms with Crippen molar-refractivity contribution in [2.24, 2.45) is 0 Å². The largest absolute Gasteiger partial charge is 0.383 e. The van der Waals surface area contributed by atoms with Gasteiger partial charge in [0.05, 0.1) is 5.39 Å². The van der Waals surface area contributed by atoms with Gasteiger partial charge in [-0.3, -0.25) is 0 Å². The number of fused-ring (bicyclic) bond motifs is 1. The van der Waals surface area contributed by atoms with Crippen LogP contribution in [0.1, 0.15) is 5.56 Å². The summed E-state index contributed by atoms with van der Waals surface area (Å²) in [4.78, 5) is 12.3. The molecule has 0 saturated carbocycles. The lowest BCUT2D eigenvalue weighted by Crippen LogP contribution is -2.04. The average Bonchev–Trinajstić information content (AvgIpc) is 2.45. The van der Waals surface area contributed by atoms with Crippen LogP contribution in [0.25, 0.3) is 11.0 Å². The molecule has 6 nitrogen and oxygen atoms in total. The molecule has 0 unspecified atom stereocenters. The van der Waals surface area contributed by atoms with Crippen molar-refractivity contribution in [1.82, 2.24) is 15.0 Å². The minimum Gasteiger partial charge on any atom is -0.383 e. The van der Waals surface area contributed by atoms with Gasteiger partial charge in [-0.25, -0.2) is 4.98 Å². The van der Waals surface area contributed by atoms with E-state index >= 15 is 0 Å². The molecule has 7 heteroatoms. The molecule has 0 fully saturated rings. The van der Waals surface area contributed by atoms with Gasteiger partial charge in [-0.15, -0.1) is 0 Å². The van der Waals surface area contributed by atoms with E-state index in [0.29, 0.717) is 23.4 Å². The predicted molar refractivity (Wildman–Crippen MR) is 87.6 cm³/mol. The van der Waals surface area contributed by atoms with Crippen LogP contribution in [0, 0.1) is 0 Å². The van der Waals surface area contributed by atoms with Gasteiger partial charge in [0, 0.05) is 22.9 Å². The Kier molecular flexibility index (Phi) is 3.57. The van der Waals surface area contributed by atoms with E-state index in [1.165, 1.54) is 0 Å². The lowest BCUT2D eigenvalue weighted by molar-refractivity contribution is 1.11. The Labute approximate surface area is 129 Å². The minimum absolute atomic E-state index is 0.132. The van der Waals surface area contributed by atoms with Crippen molar-refractivity contribution in [3.63, 3.8) is 0 Å². The van der Waals surface area contributed by atoms with E-state index in [-0.39, 0.29) is 5.95 Å². The molecule has 0 spiro atoms. The zero-order chi connectivity index (χ0) is 14.8. The molecule has 3 rings (SSSR count). The predicted octanol–water partition coefficient (Wildman–Crippen LogP) is 2.56. The summed E-state index contributed by atoms with van der Waals surface area (Å²) in [6, 6.07) is 9.87. The number of nitrogen functional groups attached to an aromatic ring is 2. The number of hydrogen-bond donors (Lipinski definition) is 3. The quantitative estimate of drug-likeness (QED) is 0.674. The summed E-state index contributed by atoms with van der Waals surface area (Å²) in [5, 5.41) is 4.03. The van der Waals surface area contributed by atoms with Gasteiger partial charge >= 0.3 is 0 Å². The molecule has 0 radical (unpaired) electrons. The van der Waals surface area contributed by atoms with Gasteiger partial charge in [-0.2, -0.15) is 9.97 Å². The average molecular weight is 345 g/mol. The molecule has 1 aromatic carbocycles. The second-order valence-electron chi connectivity index (χ2n) is 4.55. The standard InChI is InChI=1S/C14H13BrN6/c15-9-2-1-3-10(5-9)18-6-8-4-11-12(16)20-14(17)21-13(11)19-7-8/h1-5,7,18H,6H2,(H4,16,17,19,20,21). The SMILES string of the molecule is Nc1nc(N)c2cc(CNc3cccc(Br)c3)cnc2n1. The van der Waals surface area contributed by atoms with Gasteiger partial charge < -0.3 is 16.8 Å². The summed E-state index contributed by atoms with van der Waals surface area (Å²) in [7, 11) is 0. The van der Waals surface area contributed by atoms with E-state index < -0.39 is 0 Å². The lowest BCUT2D eigenvalue weighted by Gasteiger charge is -2.08. The van der Waals surface area contributed by atoms with E-state index in [1.54, 1.807) is 6.20 Å². The number of halogens is 1. The molecule has 3 aromatic rings. The summed E-state index contributed by atoms with van der Waals surface area (Å²) >= 11 is 3.44. The third-order valence-corrected chi connectivity index (χ3v) is 3.47. The summed E-state index contributed by atoms with van der Waals surface area (Å²) in [6.45, 7) is 0.628. The third kappa shape index (κ3) is 3.03. The smallest absolute Gasteiger partial charge is 0.224 e. The first-order valence-corrected chi connectivity index (χ1v) is 7.08. The first-order valence-electron chi connectivity index (χ1n) is 6.29. The number of nitrogens with two attached hydrogens (primary N) is 2. The summed E-state index contributed by atoms with van der Waals surface area (Å²) in [5.74, 6) is 0.474. The van der Waals surface area contributed by atoms with E-state index in [9.17, 15) is 0 Å². The third-order valence-electron chi connectivity index (χ3n) is 2.98. The van der Waals surface area contributed by atoms with Crippen LogP contribution in [-0.4, -0.2) is 15.0 Å². The maximum atomic E-state index is 5.86. The first kappa shape index (κ1) is 13.6. The van der Waals surface area contributed by atoms with Crippen molar-refractivity contribution in [3.05, 3.63) is 46.6 Å². The highest BCUT2D eigenvalue weighted by atomic mass is 79.9. The van der Waals surface area contributed by atoms with Crippen LogP contribution >= 0.6 is 15.9 Å². The van der Waals surface area contributed by atoms with Crippen molar-refractivity contribution in [1.29, 1.82) is 0 Å². The number of nitrogens with one attached hydrogen (secondary N) is 1. The minimum atomic E-state index is 0.132. The zero-order valence-corrected chi connectivity index (χ0v) is 12.6. The Morgan fingerprint density at radius 2 is 2.00 bits per heavy atom. The van der Waals surface area contributed by atoms with Gasteiger partial charge in [-0.1, -0.05) is 22.0 Å². The molecule has 0 amide bonds. The number of anilines is 3. The number of pyridine rings is 1. The molecule has 0 aliphatic rings. The molecule has 2 heterocycles. The molecule has 0 saturated heterocycles. The highest BCUT2D eigenvalue weighted by Gasteiger charge is 2.06. The Morgan fingerprint density at radius 3 is 2.81 bits per heavy atom. The molecular formula is C14H13BrN6.